The summed E-state index contributed by atoms with van der Waals surface area (Å²) in [4.78, 5) is 15.5. The van der Waals surface area contributed by atoms with Crippen LogP contribution in [0.25, 0.3) is 0 Å². The van der Waals surface area contributed by atoms with Gasteiger partial charge in [-0.15, -0.1) is 0 Å². The number of ether oxygens (including phenoxy) is 1. The van der Waals surface area contributed by atoms with Crippen molar-refractivity contribution in [2.75, 3.05) is 26.2 Å². The highest BCUT2D eigenvalue weighted by atomic mass is 35.5. The molecule has 6 nitrogen and oxygen atoms in total. The molecule has 3 aliphatic rings. The summed E-state index contributed by atoms with van der Waals surface area (Å²) < 4.78 is 19.4. The number of carbonyl (C=O) groups excluding carboxylic acids is 1. The van der Waals surface area contributed by atoms with Crippen LogP contribution in [-0.4, -0.2) is 60.7 Å². The Bertz CT molecular complexity index is 747. The van der Waals surface area contributed by atoms with E-state index in [4.69, 9.17) is 22.1 Å². The Hall–Kier alpha value is -0.900. The molecule has 0 bridgehead atoms. The molecule has 2 unspecified atom stereocenters. The van der Waals surface area contributed by atoms with Crippen molar-refractivity contribution in [1.82, 2.24) is 15.5 Å². The maximum Gasteiger partial charge on any atom is 0.253 e. The fourth-order valence-corrected chi connectivity index (χ4v) is 5.67. The molecular weight excluding hydrogens is 403 g/mol. The van der Waals surface area contributed by atoms with Crippen LogP contribution < -0.4 is 16.4 Å². The first-order chi connectivity index (χ1) is 13.4. The molecule has 4 N–H and O–H groups in total. The van der Waals surface area contributed by atoms with Gasteiger partial charge >= 0.3 is 0 Å². The van der Waals surface area contributed by atoms with Gasteiger partial charge in [-0.25, -0.2) is 4.39 Å². The summed E-state index contributed by atoms with van der Waals surface area (Å²) in [5.74, 6) is -0.516. The van der Waals surface area contributed by atoms with Gasteiger partial charge in [0, 0.05) is 36.0 Å². The van der Waals surface area contributed by atoms with Gasteiger partial charge < -0.3 is 15.8 Å². The quantitative estimate of drug-likeness (QED) is 0.681. The Morgan fingerprint density at radius 1 is 1.39 bits per heavy atom. The zero-order valence-electron chi connectivity index (χ0n) is 15.8. The normalized spacial score (nSPS) is 33.2. The lowest BCUT2D eigenvalue weighted by atomic mass is 9.73. The smallest absolute Gasteiger partial charge is 0.253 e. The number of hydrogen-bond donors (Lipinski definition) is 3. The maximum absolute atomic E-state index is 13.6. The Morgan fingerprint density at radius 3 is 2.79 bits per heavy atom. The number of nitrogens with one attached hydrogen (secondary N) is 2. The van der Waals surface area contributed by atoms with Gasteiger partial charge in [0.15, 0.2) is 0 Å². The van der Waals surface area contributed by atoms with Crippen LogP contribution in [-0.2, 0) is 9.53 Å². The number of piperazine rings is 1. The number of benzene rings is 1. The monoisotopic (exact) mass is 428 g/mol. The minimum atomic E-state index is -0.453. The molecule has 154 valence electrons. The van der Waals surface area contributed by atoms with Crippen molar-refractivity contribution in [3.05, 3.63) is 29.0 Å². The number of carbonyl (C=O) groups is 1. The van der Waals surface area contributed by atoms with Gasteiger partial charge in [0.05, 0.1) is 23.1 Å². The molecule has 3 aliphatic heterocycles. The Morgan fingerprint density at radius 2 is 2.14 bits per heavy atom. The first-order valence-corrected chi connectivity index (χ1v) is 10.9. The first kappa shape index (κ1) is 20.4. The SMILES string of the molecule is C[C@@H]1OCC2(CCN(C3NCC(Sc4cccc(F)c4Cl)NC3=O)CC2)[C@@H]1N. The van der Waals surface area contributed by atoms with Crippen LogP contribution in [0.2, 0.25) is 5.02 Å². The number of hydrogen-bond acceptors (Lipinski definition) is 6. The third-order valence-corrected chi connectivity index (χ3v) is 7.90. The van der Waals surface area contributed by atoms with Crippen LogP contribution in [0.1, 0.15) is 19.8 Å². The fourth-order valence-electron chi connectivity index (χ4n) is 4.39. The Balaban J connectivity index is 1.33. The standard InChI is InChI=1S/C19H26ClFN4O2S/c1-11-16(22)19(10-27-11)5-7-25(8-6-19)17-18(26)24-14(9-23-17)28-13-4-2-3-12(21)15(13)20/h2-4,11,14,16-17,23H,5-10,22H2,1H3,(H,24,26)/t11-,14?,16+,17?/m0/s1. The van der Waals surface area contributed by atoms with E-state index in [1.165, 1.54) is 17.8 Å². The predicted octanol–water partition coefficient (Wildman–Crippen LogP) is 1.77. The lowest BCUT2D eigenvalue weighted by Gasteiger charge is -2.45. The zero-order valence-corrected chi connectivity index (χ0v) is 17.4. The first-order valence-electron chi connectivity index (χ1n) is 9.65. The predicted molar refractivity (Wildman–Crippen MR) is 108 cm³/mol. The summed E-state index contributed by atoms with van der Waals surface area (Å²) in [6, 6.07) is 4.75. The average molecular weight is 429 g/mol. The highest BCUT2D eigenvalue weighted by molar-refractivity contribution is 8.00. The number of rotatable bonds is 3. The fraction of sp³-hybridized carbons (Fsp3) is 0.632. The van der Waals surface area contributed by atoms with Crippen molar-refractivity contribution in [2.24, 2.45) is 11.1 Å². The topological polar surface area (TPSA) is 79.6 Å². The number of nitrogens with zero attached hydrogens (tertiary/aromatic N) is 1. The third-order valence-electron chi connectivity index (χ3n) is 6.24. The second kappa shape index (κ2) is 8.08. The van der Waals surface area contributed by atoms with Crippen molar-refractivity contribution >= 4 is 29.3 Å². The lowest BCUT2D eigenvalue weighted by Crippen LogP contribution is -2.65. The summed E-state index contributed by atoms with van der Waals surface area (Å²) in [6.45, 7) is 4.94. The van der Waals surface area contributed by atoms with E-state index in [1.54, 1.807) is 12.1 Å². The van der Waals surface area contributed by atoms with Gasteiger partial charge in [-0.2, -0.15) is 0 Å². The molecule has 4 rings (SSSR count). The number of nitrogens with two attached hydrogens (primary N) is 1. The number of piperidine rings is 1. The maximum atomic E-state index is 13.6. The molecule has 0 saturated carbocycles. The molecule has 3 heterocycles. The molecule has 0 radical (unpaired) electrons. The molecule has 1 spiro atoms. The van der Waals surface area contributed by atoms with Gasteiger partial charge in [0.25, 0.3) is 5.91 Å². The van der Waals surface area contributed by atoms with E-state index in [0.29, 0.717) is 18.0 Å². The molecule has 1 amide bonds. The number of amides is 1. The minimum absolute atomic E-state index is 0.0353. The van der Waals surface area contributed by atoms with Gasteiger partial charge in [-0.1, -0.05) is 29.4 Å². The van der Waals surface area contributed by atoms with Crippen LogP contribution in [0.5, 0.6) is 0 Å². The molecule has 3 fully saturated rings. The molecular formula is C19H26ClFN4O2S. The largest absolute Gasteiger partial charge is 0.376 e. The van der Waals surface area contributed by atoms with Crippen LogP contribution in [0.3, 0.4) is 0 Å². The molecule has 1 aromatic carbocycles. The van der Waals surface area contributed by atoms with Crippen LogP contribution in [0.4, 0.5) is 4.39 Å². The summed E-state index contributed by atoms with van der Waals surface area (Å²) >= 11 is 7.38. The van der Waals surface area contributed by atoms with E-state index in [-0.39, 0.29) is 40.0 Å². The van der Waals surface area contributed by atoms with E-state index in [1.807, 2.05) is 6.92 Å². The van der Waals surface area contributed by atoms with Crippen LogP contribution >= 0.6 is 23.4 Å². The van der Waals surface area contributed by atoms with Crippen molar-refractivity contribution in [2.45, 2.75) is 48.3 Å². The summed E-state index contributed by atoms with van der Waals surface area (Å²) in [6.07, 6.45) is 1.60. The lowest BCUT2D eigenvalue weighted by molar-refractivity contribution is -0.131. The van der Waals surface area contributed by atoms with Gasteiger partial charge in [0.2, 0.25) is 0 Å². The van der Waals surface area contributed by atoms with E-state index in [0.717, 1.165) is 25.9 Å². The number of halogens is 2. The molecule has 4 atom stereocenters. The highest BCUT2D eigenvalue weighted by Crippen LogP contribution is 2.41. The number of thioether (sulfide) groups is 1. The Labute approximate surface area is 173 Å². The van der Waals surface area contributed by atoms with Gasteiger partial charge in [-0.05, 0) is 31.9 Å². The number of likely N-dealkylation sites (tertiary alicyclic amines) is 1. The summed E-state index contributed by atoms with van der Waals surface area (Å²) in [5.41, 5.74) is 6.41. The summed E-state index contributed by atoms with van der Waals surface area (Å²) in [5, 5.41) is 6.26. The van der Waals surface area contributed by atoms with Crippen molar-refractivity contribution in [3.8, 4) is 0 Å². The van der Waals surface area contributed by atoms with Crippen LogP contribution in [0, 0.1) is 11.2 Å². The van der Waals surface area contributed by atoms with Crippen molar-refractivity contribution in [3.63, 3.8) is 0 Å². The zero-order chi connectivity index (χ0) is 19.9. The molecule has 1 aromatic rings. The molecule has 28 heavy (non-hydrogen) atoms. The summed E-state index contributed by atoms with van der Waals surface area (Å²) in [7, 11) is 0. The van der Waals surface area contributed by atoms with E-state index in [9.17, 15) is 9.18 Å². The van der Waals surface area contributed by atoms with E-state index in [2.05, 4.69) is 15.5 Å². The van der Waals surface area contributed by atoms with Crippen LogP contribution in [0.15, 0.2) is 23.1 Å². The molecule has 0 aromatic heterocycles. The van der Waals surface area contributed by atoms with Crippen molar-refractivity contribution in [1.29, 1.82) is 0 Å². The van der Waals surface area contributed by atoms with E-state index < -0.39 is 5.82 Å². The van der Waals surface area contributed by atoms with Gasteiger partial charge in [0.1, 0.15) is 12.0 Å². The minimum Gasteiger partial charge on any atom is -0.376 e. The van der Waals surface area contributed by atoms with Gasteiger partial charge in [-0.3, -0.25) is 15.0 Å². The van der Waals surface area contributed by atoms with E-state index >= 15 is 0 Å². The highest BCUT2D eigenvalue weighted by Gasteiger charge is 2.48. The third kappa shape index (κ3) is 3.78. The second-order valence-electron chi connectivity index (χ2n) is 7.92. The average Bonchev–Trinajstić information content (AvgIpc) is 2.95. The molecule has 9 heteroatoms. The molecule has 0 aliphatic carbocycles. The molecule has 3 saturated heterocycles. The second-order valence-corrected chi connectivity index (χ2v) is 9.54. The van der Waals surface area contributed by atoms with Crippen molar-refractivity contribution < 1.29 is 13.9 Å². The Kier molecular flexibility index (Phi) is 5.88.